The van der Waals surface area contributed by atoms with Crippen molar-refractivity contribution < 1.29 is 14.2 Å². The lowest BCUT2D eigenvalue weighted by molar-refractivity contribution is 0.174. The molecule has 0 saturated carbocycles. The maximum atomic E-state index is 13.1. The van der Waals surface area contributed by atoms with Gasteiger partial charge in [0.2, 0.25) is 6.79 Å². The van der Waals surface area contributed by atoms with E-state index in [0.29, 0.717) is 5.75 Å². The van der Waals surface area contributed by atoms with Crippen LogP contribution in [0.3, 0.4) is 0 Å². The van der Waals surface area contributed by atoms with E-state index in [4.69, 9.17) is 14.2 Å². The highest BCUT2D eigenvalue weighted by Gasteiger charge is 2.21. The van der Waals surface area contributed by atoms with Crippen LogP contribution in [0.2, 0.25) is 0 Å². The Hall–Kier alpha value is -2.44. The highest BCUT2D eigenvalue weighted by molar-refractivity contribution is 8.01. The molecule has 1 aliphatic rings. The largest absolute Gasteiger partial charge is 0.497 e. The molecule has 2 aromatic carbocycles. The zero-order valence-corrected chi connectivity index (χ0v) is 16.6. The molecule has 0 bridgehead atoms. The maximum Gasteiger partial charge on any atom is 0.231 e. The fourth-order valence-electron chi connectivity index (χ4n) is 2.98. The second kappa shape index (κ2) is 7.66. The van der Waals surface area contributed by atoms with E-state index in [0.717, 1.165) is 43.0 Å². The van der Waals surface area contributed by atoms with Crippen LogP contribution in [0.25, 0.3) is 21.6 Å². The van der Waals surface area contributed by atoms with Gasteiger partial charge in [0.25, 0.3) is 0 Å². The van der Waals surface area contributed by atoms with E-state index >= 15 is 0 Å². The first-order valence-corrected chi connectivity index (χ1v) is 10.4. The molecule has 0 saturated heterocycles. The standard InChI is InChI=1S/C21H18O4S2/c1-3-26-21-19(13-7-9-14(23-2)10-8-13)16(22)11-18(27-21)15-5-4-6-17-20(15)25-12-24-17/h4-11H,3,12H2,1-2H3. The Bertz CT molecular complexity index is 1030. The van der Waals surface area contributed by atoms with Crippen molar-refractivity contribution >= 4 is 23.1 Å². The van der Waals surface area contributed by atoms with Crippen molar-refractivity contribution in [3.63, 3.8) is 0 Å². The smallest absolute Gasteiger partial charge is 0.231 e. The molecule has 27 heavy (non-hydrogen) atoms. The molecular formula is C21H18O4S2. The molecule has 6 heteroatoms. The van der Waals surface area contributed by atoms with Gasteiger partial charge in [-0.05, 0) is 35.6 Å². The average Bonchev–Trinajstić information content (AvgIpc) is 3.17. The maximum absolute atomic E-state index is 13.1. The summed E-state index contributed by atoms with van der Waals surface area (Å²) in [6.45, 7) is 2.30. The summed E-state index contributed by atoms with van der Waals surface area (Å²) in [5, 5.41) is 0. The van der Waals surface area contributed by atoms with E-state index in [1.807, 2.05) is 42.5 Å². The van der Waals surface area contributed by atoms with E-state index in [-0.39, 0.29) is 12.2 Å². The minimum atomic E-state index is 0.00128. The molecule has 3 aromatic rings. The van der Waals surface area contributed by atoms with Gasteiger partial charge in [-0.15, -0.1) is 23.1 Å². The van der Waals surface area contributed by atoms with Crippen molar-refractivity contribution in [1.82, 2.24) is 0 Å². The Morgan fingerprint density at radius 3 is 2.70 bits per heavy atom. The molecule has 0 aliphatic carbocycles. The minimum Gasteiger partial charge on any atom is -0.497 e. The van der Waals surface area contributed by atoms with Crippen LogP contribution >= 0.6 is 23.1 Å². The lowest BCUT2D eigenvalue weighted by Crippen LogP contribution is -2.04. The normalized spacial score (nSPS) is 12.2. The van der Waals surface area contributed by atoms with Gasteiger partial charge >= 0.3 is 0 Å². The Kier molecular flexibility index (Phi) is 5.09. The molecule has 0 fully saturated rings. The number of thioether (sulfide) groups is 1. The van der Waals surface area contributed by atoms with Gasteiger partial charge in [0.1, 0.15) is 5.75 Å². The fraction of sp³-hybridized carbons (Fsp3) is 0.190. The number of benzene rings is 2. The SMILES string of the molecule is CCSc1sc(-c2cccc3c2OCO3)cc(=O)c1-c1ccc(OC)cc1. The van der Waals surface area contributed by atoms with Gasteiger partial charge in [0, 0.05) is 16.5 Å². The molecule has 1 aliphatic heterocycles. The third-order valence-electron chi connectivity index (χ3n) is 4.23. The van der Waals surface area contributed by atoms with Crippen LogP contribution in [-0.2, 0) is 0 Å². The number of hydrogen-bond acceptors (Lipinski definition) is 6. The van der Waals surface area contributed by atoms with Crippen molar-refractivity contribution in [2.24, 2.45) is 0 Å². The number of methoxy groups -OCH3 is 1. The van der Waals surface area contributed by atoms with Gasteiger partial charge in [0.15, 0.2) is 16.9 Å². The summed E-state index contributed by atoms with van der Waals surface area (Å²) in [5.74, 6) is 3.08. The number of hydrogen-bond donors (Lipinski definition) is 0. The van der Waals surface area contributed by atoms with Crippen molar-refractivity contribution in [2.75, 3.05) is 19.7 Å². The van der Waals surface area contributed by atoms with Crippen LogP contribution in [0, 0.1) is 0 Å². The van der Waals surface area contributed by atoms with Crippen LogP contribution in [0.1, 0.15) is 6.92 Å². The summed E-state index contributed by atoms with van der Waals surface area (Å²) in [7, 11) is 1.63. The Morgan fingerprint density at radius 1 is 1.15 bits per heavy atom. The van der Waals surface area contributed by atoms with Crippen LogP contribution in [0.4, 0.5) is 0 Å². The Labute approximate surface area is 165 Å². The average molecular weight is 399 g/mol. The van der Waals surface area contributed by atoms with Gasteiger partial charge in [-0.1, -0.05) is 25.1 Å². The number of fused-ring (bicyclic) bond motifs is 1. The summed E-state index contributed by atoms with van der Waals surface area (Å²) < 4.78 is 17.3. The summed E-state index contributed by atoms with van der Waals surface area (Å²) in [6.07, 6.45) is 0. The monoisotopic (exact) mass is 398 g/mol. The zero-order chi connectivity index (χ0) is 18.8. The van der Waals surface area contributed by atoms with E-state index in [2.05, 4.69) is 6.92 Å². The molecule has 4 rings (SSSR count). The van der Waals surface area contributed by atoms with Crippen LogP contribution in [0.5, 0.6) is 17.2 Å². The van der Waals surface area contributed by atoms with Crippen molar-refractivity contribution in [1.29, 1.82) is 0 Å². The van der Waals surface area contributed by atoms with Crippen molar-refractivity contribution in [2.45, 2.75) is 11.1 Å². The molecule has 0 radical (unpaired) electrons. The summed E-state index contributed by atoms with van der Waals surface area (Å²) in [6, 6.07) is 15.1. The number of rotatable bonds is 5. The van der Waals surface area contributed by atoms with E-state index in [1.165, 1.54) is 0 Å². The zero-order valence-electron chi connectivity index (χ0n) is 15.0. The third-order valence-corrected chi connectivity index (χ3v) is 6.54. The first-order chi connectivity index (χ1) is 13.2. The molecule has 0 N–H and O–H groups in total. The quantitative estimate of drug-likeness (QED) is 0.546. The van der Waals surface area contributed by atoms with E-state index in [1.54, 1.807) is 36.3 Å². The lowest BCUT2D eigenvalue weighted by atomic mass is 10.1. The molecule has 138 valence electrons. The van der Waals surface area contributed by atoms with Crippen molar-refractivity contribution in [3.8, 4) is 38.8 Å². The highest BCUT2D eigenvalue weighted by atomic mass is 32.2. The topological polar surface area (TPSA) is 44.8 Å². The molecule has 2 heterocycles. The third kappa shape index (κ3) is 3.42. The Balaban J connectivity index is 1.85. The van der Waals surface area contributed by atoms with Gasteiger partial charge < -0.3 is 14.2 Å². The van der Waals surface area contributed by atoms with Crippen LogP contribution < -0.4 is 19.6 Å². The fourth-order valence-corrected chi connectivity index (χ4v) is 5.42. The molecule has 0 atom stereocenters. The van der Waals surface area contributed by atoms with Gasteiger partial charge in [-0.3, -0.25) is 4.79 Å². The van der Waals surface area contributed by atoms with E-state index in [9.17, 15) is 4.79 Å². The van der Waals surface area contributed by atoms with Gasteiger partial charge in [-0.2, -0.15) is 0 Å². The van der Waals surface area contributed by atoms with Gasteiger partial charge in [-0.25, -0.2) is 0 Å². The summed E-state index contributed by atoms with van der Waals surface area (Å²) >= 11 is 3.29. The summed E-state index contributed by atoms with van der Waals surface area (Å²) in [5.41, 5.74) is 2.54. The molecule has 4 nitrogen and oxygen atoms in total. The predicted octanol–water partition coefficient (Wildman–Crippen LogP) is 5.29. The van der Waals surface area contributed by atoms with Crippen LogP contribution in [0.15, 0.2) is 57.5 Å². The Morgan fingerprint density at radius 2 is 1.96 bits per heavy atom. The highest BCUT2D eigenvalue weighted by Crippen LogP contribution is 2.45. The molecule has 0 amide bonds. The second-order valence-corrected chi connectivity index (χ2v) is 8.42. The van der Waals surface area contributed by atoms with Gasteiger partial charge in [0.05, 0.1) is 16.9 Å². The van der Waals surface area contributed by atoms with E-state index < -0.39 is 0 Å². The van der Waals surface area contributed by atoms with Crippen LogP contribution in [-0.4, -0.2) is 19.7 Å². The molecule has 0 unspecified atom stereocenters. The first-order valence-electron chi connectivity index (χ1n) is 8.55. The number of para-hydroxylation sites is 1. The predicted molar refractivity (Wildman–Crippen MR) is 111 cm³/mol. The lowest BCUT2D eigenvalue weighted by Gasteiger charge is -2.11. The number of ether oxygens (including phenoxy) is 3. The first kappa shape index (κ1) is 17.9. The molecule has 0 spiro atoms. The molecular weight excluding hydrogens is 380 g/mol. The van der Waals surface area contributed by atoms with Crippen molar-refractivity contribution in [3.05, 3.63) is 58.8 Å². The molecule has 1 aromatic heterocycles. The summed E-state index contributed by atoms with van der Waals surface area (Å²) in [4.78, 5) is 13.9. The minimum absolute atomic E-state index is 0.00128. The second-order valence-electron chi connectivity index (χ2n) is 5.84.